The monoisotopic (exact) mass is 214 g/mol. The molecule has 3 heteroatoms. The minimum absolute atomic E-state index is 0.291. The van der Waals surface area contributed by atoms with Crippen LogP contribution in [0.25, 0.3) is 0 Å². The highest BCUT2D eigenvalue weighted by atomic mass is 16.3. The first kappa shape index (κ1) is 12.9. The van der Waals surface area contributed by atoms with Crippen molar-refractivity contribution in [1.82, 2.24) is 10.2 Å². The van der Waals surface area contributed by atoms with Crippen molar-refractivity contribution in [3.05, 3.63) is 0 Å². The number of hydrogen-bond acceptors (Lipinski definition) is 3. The lowest BCUT2D eigenvalue weighted by atomic mass is 9.78. The van der Waals surface area contributed by atoms with Gasteiger partial charge in [0.1, 0.15) is 0 Å². The van der Waals surface area contributed by atoms with E-state index in [1.165, 1.54) is 19.5 Å². The molecule has 0 saturated carbocycles. The first-order chi connectivity index (χ1) is 7.06. The zero-order valence-corrected chi connectivity index (χ0v) is 10.4. The fourth-order valence-corrected chi connectivity index (χ4v) is 2.33. The minimum atomic E-state index is 0.291. The van der Waals surface area contributed by atoms with Crippen molar-refractivity contribution in [2.45, 2.75) is 26.7 Å². The van der Waals surface area contributed by atoms with Crippen molar-refractivity contribution >= 4 is 0 Å². The Kier molecular flexibility index (Phi) is 5.03. The van der Waals surface area contributed by atoms with Crippen LogP contribution in [0.3, 0.4) is 0 Å². The maximum atomic E-state index is 8.70. The average Bonchev–Trinajstić information content (AvgIpc) is 2.60. The predicted octanol–water partition coefficient (Wildman–Crippen LogP) is 0.936. The minimum Gasteiger partial charge on any atom is -0.396 e. The third-order valence-electron chi connectivity index (χ3n) is 3.59. The highest BCUT2D eigenvalue weighted by Gasteiger charge is 2.33. The summed E-state index contributed by atoms with van der Waals surface area (Å²) in [5.41, 5.74) is 0.375. The maximum Gasteiger partial charge on any atom is 0.0443 e. The van der Waals surface area contributed by atoms with Gasteiger partial charge in [-0.25, -0.2) is 0 Å². The molecule has 3 nitrogen and oxygen atoms in total. The van der Waals surface area contributed by atoms with Crippen LogP contribution in [0, 0.1) is 11.3 Å². The summed E-state index contributed by atoms with van der Waals surface area (Å²) < 4.78 is 0. The Morgan fingerprint density at radius 3 is 2.73 bits per heavy atom. The largest absolute Gasteiger partial charge is 0.396 e. The lowest BCUT2D eigenvalue weighted by molar-refractivity contribution is 0.203. The third kappa shape index (κ3) is 4.09. The van der Waals surface area contributed by atoms with Gasteiger partial charge in [0.2, 0.25) is 0 Å². The Hall–Kier alpha value is -0.120. The van der Waals surface area contributed by atoms with Gasteiger partial charge in [0.15, 0.2) is 0 Å². The molecule has 1 rings (SSSR count). The molecule has 1 aliphatic rings. The van der Waals surface area contributed by atoms with Gasteiger partial charge in [-0.05, 0) is 44.3 Å². The van der Waals surface area contributed by atoms with Gasteiger partial charge < -0.3 is 15.3 Å². The molecule has 1 heterocycles. The van der Waals surface area contributed by atoms with Crippen LogP contribution < -0.4 is 5.32 Å². The topological polar surface area (TPSA) is 35.5 Å². The highest BCUT2D eigenvalue weighted by Crippen LogP contribution is 2.32. The Morgan fingerprint density at radius 1 is 1.47 bits per heavy atom. The van der Waals surface area contributed by atoms with Crippen molar-refractivity contribution < 1.29 is 5.11 Å². The standard InChI is InChI=1S/C12H26N2O/c1-12(2,10-13-6-4-8-15)11-5-7-14(3)9-11/h11,13,15H,4-10H2,1-3H3. The van der Waals surface area contributed by atoms with E-state index in [4.69, 9.17) is 5.11 Å². The molecule has 0 spiro atoms. The lowest BCUT2D eigenvalue weighted by Crippen LogP contribution is -2.37. The Bertz CT molecular complexity index is 182. The quantitative estimate of drug-likeness (QED) is 0.646. The van der Waals surface area contributed by atoms with Crippen LogP contribution in [-0.2, 0) is 0 Å². The zero-order valence-electron chi connectivity index (χ0n) is 10.4. The van der Waals surface area contributed by atoms with E-state index in [0.717, 1.165) is 25.4 Å². The summed E-state index contributed by atoms with van der Waals surface area (Å²) in [5, 5.41) is 12.1. The van der Waals surface area contributed by atoms with E-state index in [2.05, 4.69) is 31.1 Å². The number of rotatable bonds is 6. The van der Waals surface area contributed by atoms with Crippen LogP contribution in [0.2, 0.25) is 0 Å². The van der Waals surface area contributed by atoms with Crippen LogP contribution in [0.4, 0.5) is 0 Å². The molecule has 1 fully saturated rings. The van der Waals surface area contributed by atoms with Crippen LogP contribution in [0.1, 0.15) is 26.7 Å². The average molecular weight is 214 g/mol. The van der Waals surface area contributed by atoms with Gasteiger partial charge in [-0.15, -0.1) is 0 Å². The second-order valence-electron chi connectivity index (χ2n) is 5.49. The Morgan fingerprint density at radius 2 is 2.20 bits per heavy atom. The smallest absolute Gasteiger partial charge is 0.0443 e. The molecular formula is C12H26N2O. The lowest BCUT2D eigenvalue weighted by Gasteiger charge is -2.32. The number of hydrogen-bond donors (Lipinski definition) is 2. The summed E-state index contributed by atoms with van der Waals surface area (Å²) in [6.45, 7) is 9.46. The molecule has 1 saturated heterocycles. The van der Waals surface area contributed by atoms with E-state index in [9.17, 15) is 0 Å². The van der Waals surface area contributed by atoms with E-state index in [1.807, 2.05) is 0 Å². The predicted molar refractivity (Wildman–Crippen MR) is 64.0 cm³/mol. The van der Waals surface area contributed by atoms with Gasteiger partial charge in [-0.1, -0.05) is 13.8 Å². The number of nitrogens with one attached hydrogen (secondary N) is 1. The van der Waals surface area contributed by atoms with Crippen LogP contribution in [-0.4, -0.2) is 49.8 Å². The first-order valence-electron chi connectivity index (χ1n) is 6.06. The van der Waals surface area contributed by atoms with Crippen molar-refractivity contribution in [3.8, 4) is 0 Å². The molecule has 1 atom stereocenters. The highest BCUT2D eigenvalue weighted by molar-refractivity contribution is 4.86. The Balaban J connectivity index is 2.25. The van der Waals surface area contributed by atoms with E-state index < -0.39 is 0 Å². The van der Waals surface area contributed by atoms with Crippen LogP contribution in [0.5, 0.6) is 0 Å². The molecule has 0 aromatic carbocycles. The number of aliphatic hydroxyl groups excluding tert-OH is 1. The van der Waals surface area contributed by atoms with Crippen molar-refractivity contribution in [2.24, 2.45) is 11.3 Å². The molecular weight excluding hydrogens is 188 g/mol. The van der Waals surface area contributed by atoms with Crippen LogP contribution >= 0.6 is 0 Å². The molecule has 0 bridgehead atoms. The Labute approximate surface area is 93.9 Å². The summed E-state index contributed by atoms with van der Waals surface area (Å²) >= 11 is 0. The summed E-state index contributed by atoms with van der Waals surface area (Å²) in [5.74, 6) is 0.809. The molecule has 1 aliphatic heterocycles. The second-order valence-corrected chi connectivity index (χ2v) is 5.49. The SMILES string of the molecule is CN1CCC(C(C)(C)CNCCCO)C1. The molecule has 2 N–H and O–H groups in total. The third-order valence-corrected chi connectivity index (χ3v) is 3.59. The van der Waals surface area contributed by atoms with E-state index in [0.29, 0.717) is 12.0 Å². The summed E-state index contributed by atoms with van der Waals surface area (Å²) in [6, 6.07) is 0. The molecule has 1 unspecified atom stereocenters. The summed E-state index contributed by atoms with van der Waals surface area (Å²) in [4.78, 5) is 2.42. The van der Waals surface area contributed by atoms with Gasteiger partial charge in [0.05, 0.1) is 0 Å². The maximum absolute atomic E-state index is 8.70. The molecule has 0 aliphatic carbocycles. The van der Waals surface area contributed by atoms with Crippen molar-refractivity contribution in [3.63, 3.8) is 0 Å². The van der Waals surface area contributed by atoms with E-state index in [1.54, 1.807) is 0 Å². The normalized spacial score (nSPS) is 23.6. The van der Waals surface area contributed by atoms with Crippen molar-refractivity contribution in [1.29, 1.82) is 0 Å². The molecule has 0 aromatic rings. The fourth-order valence-electron chi connectivity index (χ4n) is 2.33. The van der Waals surface area contributed by atoms with Crippen LogP contribution in [0.15, 0.2) is 0 Å². The van der Waals surface area contributed by atoms with E-state index >= 15 is 0 Å². The van der Waals surface area contributed by atoms with Gasteiger partial charge in [-0.3, -0.25) is 0 Å². The van der Waals surface area contributed by atoms with Gasteiger partial charge in [0, 0.05) is 19.7 Å². The number of aliphatic hydroxyl groups is 1. The fraction of sp³-hybridized carbons (Fsp3) is 1.00. The zero-order chi connectivity index (χ0) is 11.3. The van der Waals surface area contributed by atoms with Gasteiger partial charge in [-0.2, -0.15) is 0 Å². The molecule has 0 aromatic heterocycles. The summed E-state index contributed by atoms with van der Waals surface area (Å²) in [6.07, 6.45) is 2.19. The second kappa shape index (κ2) is 5.83. The number of nitrogens with zero attached hydrogens (tertiary/aromatic N) is 1. The van der Waals surface area contributed by atoms with Crippen molar-refractivity contribution in [2.75, 3.05) is 39.8 Å². The summed E-state index contributed by atoms with van der Waals surface area (Å²) in [7, 11) is 2.20. The molecule has 90 valence electrons. The molecule has 15 heavy (non-hydrogen) atoms. The van der Waals surface area contributed by atoms with Gasteiger partial charge in [0.25, 0.3) is 0 Å². The van der Waals surface area contributed by atoms with E-state index in [-0.39, 0.29) is 0 Å². The van der Waals surface area contributed by atoms with Gasteiger partial charge >= 0.3 is 0 Å². The molecule has 0 radical (unpaired) electrons. The first-order valence-corrected chi connectivity index (χ1v) is 6.06. The molecule has 0 amide bonds. The number of likely N-dealkylation sites (tertiary alicyclic amines) is 1.